The molecule has 19 heavy (non-hydrogen) atoms. The van der Waals surface area contributed by atoms with Gasteiger partial charge in [-0.2, -0.15) is 0 Å². The predicted octanol–water partition coefficient (Wildman–Crippen LogP) is 2.10. The molecule has 0 N–H and O–H groups in total. The maximum Gasteiger partial charge on any atom is 0.306 e. The number of methoxy groups -OCH3 is 1. The Balaban J connectivity index is 1.84. The first-order valence-corrected chi connectivity index (χ1v) is 6.85. The van der Waals surface area contributed by atoms with Gasteiger partial charge in [0.05, 0.1) is 13.5 Å². The van der Waals surface area contributed by atoms with E-state index in [0.29, 0.717) is 24.7 Å². The molecule has 4 bridgehead atoms. The van der Waals surface area contributed by atoms with Crippen LogP contribution in [0.1, 0.15) is 44.9 Å². The second-order valence-electron chi connectivity index (χ2n) is 6.71. The molecule has 0 aromatic heterocycles. The molecule has 0 aliphatic heterocycles. The van der Waals surface area contributed by atoms with Gasteiger partial charge in [0, 0.05) is 0 Å². The molecular weight excluding hydrogens is 250 g/mol. The van der Waals surface area contributed by atoms with Crippen LogP contribution in [-0.4, -0.2) is 23.8 Å². The summed E-state index contributed by atoms with van der Waals surface area (Å²) < 4.78 is 4.79. The molecule has 6 nitrogen and oxygen atoms in total. The van der Waals surface area contributed by atoms with Crippen LogP contribution in [0.5, 0.6) is 0 Å². The molecule has 0 radical (unpaired) electrons. The van der Waals surface area contributed by atoms with Gasteiger partial charge in [-0.25, -0.2) is 0 Å². The minimum absolute atomic E-state index is 0.132. The lowest BCUT2D eigenvalue weighted by Gasteiger charge is -2.60. The first-order valence-electron chi connectivity index (χ1n) is 6.85. The molecule has 0 spiro atoms. The molecule has 6 heteroatoms. The van der Waals surface area contributed by atoms with Gasteiger partial charge in [-0.1, -0.05) is 0 Å². The van der Waals surface area contributed by atoms with E-state index in [1.165, 1.54) is 7.11 Å². The van der Waals surface area contributed by atoms with E-state index in [1.54, 1.807) is 0 Å². The number of carbonyl (C=O) groups excluding carboxylic acids is 1. The van der Waals surface area contributed by atoms with E-state index in [-0.39, 0.29) is 11.4 Å². The monoisotopic (exact) mass is 269 g/mol. The summed E-state index contributed by atoms with van der Waals surface area (Å²) in [5.41, 5.74) is -0.769. The molecule has 4 saturated carbocycles. The second-order valence-corrected chi connectivity index (χ2v) is 6.71. The predicted molar refractivity (Wildman–Crippen MR) is 64.6 cm³/mol. The summed E-state index contributed by atoms with van der Waals surface area (Å²) in [6, 6.07) is 0. The van der Waals surface area contributed by atoms with Crippen molar-refractivity contribution in [3.8, 4) is 0 Å². The number of ether oxygens (including phenoxy) is 1. The van der Waals surface area contributed by atoms with Crippen LogP contribution < -0.4 is 0 Å². The summed E-state index contributed by atoms with van der Waals surface area (Å²) in [6.45, 7) is 0. The summed E-state index contributed by atoms with van der Waals surface area (Å²) in [4.78, 5) is 27.4. The topological polar surface area (TPSA) is 78.7 Å². The molecule has 0 saturated heterocycles. The van der Waals surface area contributed by atoms with Crippen molar-refractivity contribution >= 4 is 5.97 Å². The normalized spacial score (nSPS) is 43.0. The van der Waals surface area contributed by atoms with Gasteiger partial charge in [-0.05, 0) is 55.8 Å². The van der Waals surface area contributed by atoms with Gasteiger partial charge in [0.1, 0.15) is 5.60 Å². The SMILES string of the molecule is COC(=O)CC12C[C@@H]3C[C@@H](C1)CC(O[N+](=O)[O-])(C3)C2. The van der Waals surface area contributed by atoms with Crippen LogP contribution in [-0.2, 0) is 14.4 Å². The van der Waals surface area contributed by atoms with E-state index in [2.05, 4.69) is 0 Å². The molecule has 0 aromatic carbocycles. The first kappa shape index (κ1) is 12.7. The zero-order valence-corrected chi connectivity index (χ0v) is 11.1. The van der Waals surface area contributed by atoms with E-state index in [0.717, 1.165) is 32.1 Å². The third-order valence-electron chi connectivity index (χ3n) is 5.14. The Kier molecular flexibility index (Phi) is 2.73. The molecule has 106 valence electrons. The fraction of sp³-hybridized carbons (Fsp3) is 0.923. The summed E-state index contributed by atoms with van der Waals surface area (Å²) in [6.07, 6.45) is 5.65. The van der Waals surface area contributed by atoms with Crippen LogP contribution in [0.2, 0.25) is 0 Å². The maximum absolute atomic E-state index is 11.6. The number of rotatable bonds is 4. The molecule has 4 aliphatic carbocycles. The van der Waals surface area contributed by atoms with Crippen molar-refractivity contribution in [2.45, 2.75) is 50.5 Å². The largest absolute Gasteiger partial charge is 0.469 e. The van der Waals surface area contributed by atoms with Crippen molar-refractivity contribution in [3.05, 3.63) is 10.1 Å². The van der Waals surface area contributed by atoms with E-state index in [4.69, 9.17) is 9.57 Å². The Morgan fingerprint density at radius 1 is 1.32 bits per heavy atom. The third kappa shape index (κ3) is 2.17. The smallest absolute Gasteiger partial charge is 0.306 e. The van der Waals surface area contributed by atoms with Crippen molar-refractivity contribution in [3.63, 3.8) is 0 Å². The molecular formula is C13H19NO5. The standard InChI is InChI=1S/C13H19NO5/c1-18-11(15)7-12-3-9-2-10(4-12)6-13(5-9,8-12)19-14(16)17/h9-10H,2-8H2,1H3/t9-,10-,12?,13?/m0/s1. The molecule has 0 unspecified atom stereocenters. The van der Waals surface area contributed by atoms with Crippen LogP contribution >= 0.6 is 0 Å². The zero-order chi connectivity index (χ0) is 13.7. The van der Waals surface area contributed by atoms with Gasteiger partial charge < -0.3 is 9.57 Å². The lowest BCUT2D eigenvalue weighted by molar-refractivity contribution is -0.785. The highest BCUT2D eigenvalue weighted by Gasteiger charge is 2.60. The van der Waals surface area contributed by atoms with Crippen molar-refractivity contribution in [1.82, 2.24) is 0 Å². The van der Waals surface area contributed by atoms with Crippen molar-refractivity contribution in [2.24, 2.45) is 17.3 Å². The zero-order valence-electron chi connectivity index (χ0n) is 11.1. The number of esters is 1. The van der Waals surface area contributed by atoms with Crippen LogP contribution in [0.4, 0.5) is 0 Å². The highest BCUT2D eigenvalue weighted by Crippen LogP contribution is 2.64. The Labute approximate surface area is 111 Å². The van der Waals surface area contributed by atoms with Crippen molar-refractivity contribution in [1.29, 1.82) is 0 Å². The quantitative estimate of drug-likeness (QED) is 0.443. The van der Waals surface area contributed by atoms with Gasteiger partial charge in [0.2, 0.25) is 0 Å². The van der Waals surface area contributed by atoms with Crippen molar-refractivity contribution in [2.75, 3.05) is 7.11 Å². The van der Waals surface area contributed by atoms with Crippen LogP contribution in [0.25, 0.3) is 0 Å². The van der Waals surface area contributed by atoms with Gasteiger partial charge in [-0.3, -0.25) is 4.79 Å². The second kappa shape index (κ2) is 4.08. The number of hydrogen-bond donors (Lipinski definition) is 0. The maximum atomic E-state index is 11.6. The van der Waals surface area contributed by atoms with Gasteiger partial charge >= 0.3 is 5.97 Å². The Morgan fingerprint density at radius 2 is 1.95 bits per heavy atom. The van der Waals surface area contributed by atoms with Gasteiger partial charge in [0.15, 0.2) is 0 Å². The summed E-state index contributed by atoms with van der Waals surface area (Å²) in [7, 11) is 1.39. The lowest BCUT2D eigenvalue weighted by atomic mass is 9.47. The molecule has 4 rings (SSSR count). The van der Waals surface area contributed by atoms with E-state index >= 15 is 0 Å². The fourth-order valence-electron chi connectivity index (χ4n) is 5.21. The van der Waals surface area contributed by atoms with E-state index < -0.39 is 10.7 Å². The molecule has 2 atom stereocenters. The molecule has 4 fully saturated rings. The lowest BCUT2D eigenvalue weighted by Crippen LogP contribution is -2.57. The van der Waals surface area contributed by atoms with E-state index in [9.17, 15) is 14.9 Å². The third-order valence-corrected chi connectivity index (χ3v) is 5.14. The minimum Gasteiger partial charge on any atom is -0.469 e. The van der Waals surface area contributed by atoms with E-state index in [1.807, 2.05) is 0 Å². The Hall–Kier alpha value is -1.33. The Morgan fingerprint density at radius 3 is 2.47 bits per heavy atom. The van der Waals surface area contributed by atoms with Crippen molar-refractivity contribution < 1.29 is 19.5 Å². The molecule has 0 heterocycles. The molecule has 0 aromatic rings. The first-order chi connectivity index (χ1) is 8.94. The fourth-order valence-corrected chi connectivity index (χ4v) is 5.21. The van der Waals surface area contributed by atoms with Gasteiger partial charge in [0.25, 0.3) is 5.09 Å². The molecule has 0 amide bonds. The summed E-state index contributed by atoms with van der Waals surface area (Å²) >= 11 is 0. The average molecular weight is 269 g/mol. The average Bonchev–Trinajstić information content (AvgIpc) is 2.24. The minimum atomic E-state index is -0.654. The van der Waals surface area contributed by atoms with Gasteiger partial charge in [-0.15, -0.1) is 10.1 Å². The number of nitrogens with zero attached hydrogens (tertiary/aromatic N) is 1. The molecule has 4 aliphatic rings. The number of hydrogen-bond acceptors (Lipinski definition) is 5. The Bertz CT molecular complexity index is 407. The number of carbonyl (C=O) groups is 1. The van der Waals surface area contributed by atoms with Crippen LogP contribution in [0, 0.1) is 27.4 Å². The highest BCUT2D eigenvalue weighted by molar-refractivity contribution is 5.70. The summed E-state index contributed by atoms with van der Waals surface area (Å²) in [5, 5.41) is 10.1. The highest BCUT2D eigenvalue weighted by atomic mass is 17.0. The summed E-state index contributed by atoms with van der Waals surface area (Å²) in [5.74, 6) is 0.718. The van der Waals surface area contributed by atoms with Crippen LogP contribution in [0.3, 0.4) is 0 Å². The van der Waals surface area contributed by atoms with Crippen LogP contribution in [0.15, 0.2) is 0 Å².